The van der Waals surface area contributed by atoms with E-state index in [0.29, 0.717) is 0 Å². The van der Waals surface area contributed by atoms with Gasteiger partial charge >= 0.3 is 0 Å². The highest BCUT2D eigenvalue weighted by atomic mass is 14.7. The lowest BCUT2D eigenvalue weighted by Crippen LogP contribution is -1.89. The Morgan fingerprint density at radius 1 is 1.00 bits per heavy atom. The molecule has 0 radical (unpaired) electrons. The summed E-state index contributed by atoms with van der Waals surface area (Å²) in [5, 5.41) is 2.75. The SMILES string of the molecule is CCCCCc1ccccc1.CNC. The van der Waals surface area contributed by atoms with Gasteiger partial charge in [-0.05, 0) is 32.5 Å². The van der Waals surface area contributed by atoms with Crippen molar-refractivity contribution in [3.05, 3.63) is 35.9 Å². The summed E-state index contributed by atoms with van der Waals surface area (Å²) in [6.07, 6.45) is 5.25. The molecule has 1 rings (SSSR count). The summed E-state index contributed by atoms with van der Waals surface area (Å²) in [4.78, 5) is 0. The Labute approximate surface area is 88.5 Å². The topological polar surface area (TPSA) is 12.0 Å². The summed E-state index contributed by atoms with van der Waals surface area (Å²) in [5.41, 5.74) is 1.47. The Balaban J connectivity index is 0.000000500. The van der Waals surface area contributed by atoms with E-state index in [4.69, 9.17) is 0 Å². The van der Waals surface area contributed by atoms with Crippen molar-refractivity contribution < 1.29 is 0 Å². The molecule has 0 unspecified atom stereocenters. The largest absolute Gasteiger partial charge is 0.323 e. The summed E-state index contributed by atoms with van der Waals surface area (Å²) in [5.74, 6) is 0. The van der Waals surface area contributed by atoms with E-state index in [1.165, 1.54) is 31.2 Å². The Bertz CT molecular complexity index is 194. The summed E-state index contributed by atoms with van der Waals surface area (Å²) >= 11 is 0. The molecule has 0 amide bonds. The monoisotopic (exact) mass is 193 g/mol. The van der Waals surface area contributed by atoms with E-state index in [-0.39, 0.29) is 0 Å². The Morgan fingerprint density at radius 3 is 2.07 bits per heavy atom. The van der Waals surface area contributed by atoms with Gasteiger partial charge in [-0.3, -0.25) is 0 Å². The van der Waals surface area contributed by atoms with Crippen LogP contribution in [0.3, 0.4) is 0 Å². The molecule has 0 aromatic heterocycles. The minimum atomic E-state index is 1.24. The normalized spacial score (nSPS) is 9.07. The van der Waals surface area contributed by atoms with Crippen LogP contribution in [0.15, 0.2) is 30.3 Å². The van der Waals surface area contributed by atoms with Gasteiger partial charge in [0.05, 0.1) is 0 Å². The molecule has 0 saturated carbocycles. The Morgan fingerprint density at radius 2 is 1.57 bits per heavy atom. The highest BCUT2D eigenvalue weighted by molar-refractivity contribution is 5.14. The fourth-order valence-corrected chi connectivity index (χ4v) is 1.22. The lowest BCUT2D eigenvalue weighted by molar-refractivity contribution is 0.717. The average Bonchev–Trinajstić information content (AvgIpc) is 2.21. The van der Waals surface area contributed by atoms with E-state index >= 15 is 0 Å². The second-order valence-corrected chi connectivity index (χ2v) is 3.44. The minimum absolute atomic E-state index is 1.24. The molecule has 0 fully saturated rings. The molecule has 0 aliphatic carbocycles. The fourth-order valence-electron chi connectivity index (χ4n) is 1.22. The van der Waals surface area contributed by atoms with Crippen molar-refractivity contribution >= 4 is 0 Å². The molecule has 0 bridgehead atoms. The molecular formula is C13H23N. The van der Waals surface area contributed by atoms with E-state index in [1.807, 2.05) is 14.1 Å². The van der Waals surface area contributed by atoms with Crippen LogP contribution < -0.4 is 5.32 Å². The van der Waals surface area contributed by atoms with Crippen molar-refractivity contribution in [2.75, 3.05) is 14.1 Å². The van der Waals surface area contributed by atoms with Crippen molar-refractivity contribution in [2.45, 2.75) is 32.6 Å². The third kappa shape index (κ3) is 7.81. The quantitative estimate of drug-likeness (QED) is 0.724. The number of nitrogens with one attached hydrogen (secondary N) is 1. The summed E-state index contributed by atoms with van der Waals surface area (Å²) in [7, 11) is 3.75. The Kier molecular flexibility index (Phi) is 9.66. The number of benzene rings is 1. The zero-order chi connectivity index (χ0) is 10.6. The molecule has 14 heavy (non-hydrogen) atoms. The molecule has 1 N–H and O–H groups in total. The van der Waals surface area contributed by atoms with Crippen molar-refractivity contribution in [3.63, 3.8) is 0 Å². The fraction of sp³-hybridized carbons (Fsp3) is 0.538. The van der Waals surface area contributed by atoms with Gasteiger partial charge < -0.3 is 5.32 Å². The molecule has 0 saturated heterocycles. The first-order valence-electron chi connectivity index (χ1n) is 5.47. The van der Waals surface area contributed by atoms with Crippen LogP contribution in [0.2, 0.25) is 0 Å². The van der Waals surface area contributed by atoms with Crippen LogP contribution in [-0.2, 0) is 6.42 Å². The number of rotatable bonds is 4. The number of unbranched alkanes of at least 4 members (excludes halogenated alkanes) is 2. The van der Waals surface area contributed by atoms with E-state index < -0.39 is 0 Å². The molecule has 0 atom stereocenters. The number of aryl methyl sites for hydroxylation is 1. The molecule has 0 heterocycles. The first kappa shape index (κ1) is 13.2. The summed E-state index contributed by atoms with van der Waals surface area (Å²) in [6.45, 7) is 2.24. The van der Waals surface area contributed by atoms with Crippen LogP contribution in [0.5, 0.6) is 0 Å². The van der Waals surface area contributed by atoms with Crippen molar-refractivity contribution in [2.24, 2.45) is 0 Å². The predicted octanol–water partition coefficient (Wildman–Crippen LogP) is 3.25. The number of hydrogen-bond acceptors (Lipinski definition) is 1. The van der Waals surface area contributed by atoms with E-state index in [9.17, 15) is 0 Å². The third-order valence-corrected chi connectivity index (χ3v) is 1.91. The molecule has 1 heteroatoms. The molecule has 1 aromatic rings. The van der Waals surface area contributed by atoms with Gasteiger partial charge in [-0.2, -0.15) is 0 Å². The third-order valence-electron chi connectivity index (χ3n) is 1.91. The summed E-state index contributed by atoms with van der Waals surface area (Å²) in [6, 6.07) is 10.7. The Hall–Kier alpha value is -0.820. The second kappa shape index (κ2) is 10.3. The van der Waals surface area contributed by atoms with Gasteiger partial charge in [-0.15, -0.1) is 0 Å². The maximum atomic E-state index is 2.75. The molecular weight excluding hydrogens is 170 g/mol. The van der Waals surface area contributed by atoms with E-state index in [2.05, 4.69) is 42.6 Å². The van der Waals surface area contributed by atoms with Crippen LogP contribution in [0.25, 0.3) is 0 Å². The molecule has 0 spiro atoms. The van der Waals surface area contributed by atoms with Gasteiger partial charge in [-0.25, -0.2) is 0 Å². The van der Waals surface area contributed by atoms with Gasteiger partial charge in [0.2, 0.25) is 0 Å². The standard InChI is InChI=1S/C11H16.C2H7N/c1-2-3-5-8-11-9-6-4-7-10-11;1-3-2/h4,6-7,9-10H,2-3,5,8H2,1H3;3H,1-2H3. The van der Waals surface area contributed by atoms with Crippen molar-refractivity contribution in [1.82, 2.24) is 5.32 Å². The minimum Gasteiger partial charge on any atom is -0.323 e. The highest BCUT2D eigenvalue weighted by Gasteiger charge is 1.89. The van der Waals surface area contributed by atoms with Crippen LogP contribution in [0.1, 0.15) is 31.7 Å². The van der Waals surface area contributed by atoms with Gasteiger partial charge in [0, 0.05) is 0 Å². The first-order chi connectivity index (χ1) is 6.85. The van der Waals surface area contributed by atoms with Gasteiger partial charge in [-0.1, -0.05) is 50.1 Å². The van der Waals surface area contributed by atoms with Crippen molar-refractivity contribution in [3.8, 4) is 0 Å². The van der Waals surface area contributed by atoms with E-state index in [1.54, 1.807) is 0 Å². The van der Waals surface area contributed by atoms with Crippen LogP contribution in [0, 0.1) is 0 Å². The molecule has 0 aliphatic rings. The predicted molar refractivity (Wildman–Crippen MR) is 64.7 cm³/mol. The van der Waals surface area contributed by atoms with Gasteiger partial charge in [0.15, 0.2) is 0 Å². The average molecular weight is 193 g/mol. The number of hydrogen-bond donors (Lipinski definition) is 1. The smallest absolute Gasteiger partial charge is 0.0167 e. The summed E-state index contributed by atoms with van der Waals surface area (Å²) < 4.78 is 0. The molecule has 80 valence electrons. The van der Waals surface area contributed by atoms with Crippen molar-refractivity contribution in [1.29, 1.82) is 0 Å². The van der Waals surface area contributed by atoms with Gasteiger partial charge in [0.1, 0.15) is 0 Å². The molecule has 0 aliphatic heterocycles. The maximum absolute atomic E-state index is 2.75. The van der Waals surface area contributed by atoms with Crippen LogP contribution >= 0.6 is 0 Å². The zero-order valence-electron chi connectivity index (χ0n) is 9.72. The molecule has 1 nitrogen and oxygen atoms in total. The lowest BCUT2D eigenvalue weighted by atomic mass is 10.1. The van der Waals surface area contributed by atoms with Crippen LogP contribution in [-0.4, -0.2) is 14.1 Å². The maximum Gasteiger partial charge on any atom is -0.0167 e. The molecule has 1 aromatic carbocycles. The second-order valence-electron chi connectivity index (χ2n) is 3.44. The first-order valence-corrected chi connectivity index (χ1v) is 5.47. The zero-order valence-corrected chi connectivity index (χ0v) is 9.72. The van der Waals surface area contributed by atoms with E-state index in [0.717, 1.165) is 0 Å². The lowest BCUT2D eigenvalue weighted by Gasteiger charge is -1.98. The van der Waals surface area contributed by atoms with Gasteiger partial charge in [0.25, 0.3) is 0 Å². The highest BCUT2D eigenvalue weighted by Crippen LogP contribution is 2.05. The van der Waals surface area contributed by atoms with Crippen LogP contribution in [0.4, 0.5) is 0 Å².